The highest BCUT2D eigenvalue weighted by atomic mass is 15.3. The van der Waals surface area contributed by atoms with Gasteiger partial charge in [0, 0.05) is 12.2 Å². The molecule has 4 aliphatic carbocycles. The maximum Gasteiger partial charge on any atom is 0.0568 e. The van der Waals surface area contributed by atoms with Crippen molar-refractivity contribution in [3.63, 3.8) is 0 Å². The lowest BCUT2D eigenvalue weighted by Gasteiger charge is -2.59. The van der Waals surface area contributed by atoms with Gasteiger partial charge in [-0.3, -0.25) is 4.68 Å². The summed E-state index contributed by atoms with van der Waals surface area (Å²) in [5.74, 6) is 3.07. The van der Waals surface area contributed by atoms with Gasteiger partial charge in [0.2, 0.25) is 0 Å². The van der Waals surface area contributed by atoms with Crippen LogP contribution < -0.4 is 5.32 Å². The van der Waals surface area contributed by atoms with Crippen molar-refractivity contribution in [2.24, 2.45) is 23.2 Å². The number of nitrogens with one attached hydrogen (secondary N) is 1. The topological polar surface area (TPSA) is 29.9 Å². The van der Waals surface area contributed by atoms with Gasteiger partial charge in [-0.15, -0.1) is 0 Å². The van der Waals surface area contributed by atoms with E-state index in [-0.39, 0.29) is 0 Å². The molecule has 0 amide bonds. The predicted octanol–water partition coefficient (Wildman–Crippen LogP) is 3.39. The van der Waals surface area contributed by atoms with Crippen LogP contribution in [-0.4, -0.2) is 22.4 Å². The molecule has 21 heavy (non-hydrogen) atoms. The van der Waals surface area contributed by atoms with Crippen LogP contribution in [0, 0.1) is 30.1 Å². The third-order valence-electron chi connectivity index (χ3n) is 6.41. The smallest absolute Gasteiger partial charge is 0.0568 e. The van der Waals surface area contributed by atoms with E-state index in [4.69, 9.17) is 0 Å². The van der Waals surface area contributed by atoms with E-state index in [1.165, 1.54) is 44.1 Å². The minimum atomic E-state index is 0.560. The molecule has 1 unspecified atom stereocenters. The molecule has 3 heteroatoms. The molecular weight excluding hydrogens is 258 g/mol. The lowest BCUT2D eigenvalue weighted by Crippen LogP contribution is -2.57. The number of nitrogens with zero attached hydrogens (tertiary/aromatic N) is 2. The van der Waals surface area contributed by atoms with Crippen molar-refractivity contribution in [1.29, 1.82) is 0 Å². The molecule has 1 heterocycles. The van der Waals surface area contributed by atoms with E-state index in [9.17, 15) is 0 Å². The van der Waals surface area contributed by atoms with Gasteiger partial charge in [-0.05, 0) is 80.7 Å². The van der Waals surface area contributed by atoms with Crippen LogP contribution in [-0.2, 0) is 6.54 Å². The first kappa shape index (κ1) is 13.8. The van der Waals surface area contributed by atoms with Gasteiger partial charge >= 0.3 is 0 Å². The van der Waals surface area contributed by atoms with Gasteiger partial charge < -0.3 is 5.32 Å². The van der Waals surface area contributed by atoms with Crippen LogP contribution in [0.2, 0.25) is 0 Å². The largest absolute Gasteiger partial charge is 0.312 e. The molecule has 0 saturated heterocycles. The molecule has 4 saturated carbocycles. The first-order valence-electron chi connectivity index (χ1n) is 8.89. The number of hydrogen-bond donors (Lipinski definition) is 1. The van der Waals surface area contributed by atoms with E-state index in [2.05, 4.69) is 35.1 Å². The van der Waals surface area contributed by atoms with E-state index < -0.39 is 0 Å². The quantitative estimate of drug-likeness (QED) is 0.899. The molecule has 0 aliphatic heterocycles. The summed E-state index contributed by atoms with van der Waals surface area (Å²) in [6.45, 7) is 6.51. The fourth-order valence-corrected chi connectivity index (χ4v) is 6.08. The van der Waals surface area contributed by atoms with Gasteiger partial charge in [-0.2, -0.15) is 5.10 Å². The molecule has 4 bridgehead atoms. The Morgan fingerprint density at radius 1 is 1.24 bits per heavy atom. The van der Waals surface area contributed by atoms with Crippen LogP contribution in [0.4, 0.5) is 0 Å². The van der Waals surface area contributed by atoms with E-state index in [1.807, 2.05) is 6.20 Å². The standard InChI is InChI=1S/C18H29N3/c1-3-19-17(12-21-11-13(2)10-20-21)18-7-14-4-15(8-18)6-16(5-14)9-18/h10-11,14-17,19H,3-9,12H2,1-2H3. The van der Waals surface area contributed by atoms with Crippen LogP contribution in [0.5, 0.6) is 0 Å². The summed E-state index contributed by atoms with van der Waals surface area (Å²) in [7, 11) is 0. The Kier molecular flexibility index (Phi) is 3.36. The Morgan fingerprint density at radius 3 is 2.33 bits per heavy atom. The lowest BCUT2D eigenvalue weighted by atomic mass is 9.47. The molecule has 1 N–H and O–H groups in total. The van der Waals surface area contributed by atoms with E-state index in [0.717, 1.165) is 30.8 Å². The molecule has 0 radical (unpaired) electrons. The third-order valence-corrected chi connectivity index (χ3v) is 6.41. The van der Waals surface area contributed by atoms with Gasteiger partial charge in [0.05, 0.1) is 12.7 Å². The molecule has 116 valence electrons. The van der Waals surface area contributed by atoms with Gasteiger partial charge in [-0.1, -0.05) is 6.92 Å². The van der Waals surface area contributed by atoms with Crippen LogP contribution in [0.25, 0.3) is 0 Å². The van der Waals surface area contributed by atoms with Crippen molar-refractivity contribution in [1.82, 2.24) is 15.1 Å². The van der Waals surface area contributed by atoms with Gasteiger partial charge in [-0.25, -0.2) is 0 Å². The highest BCUT2D eigenvalue weighted by molar-refractivity contribution is 5.07. The fraction of sp³-hybridized carbons (Fsp3) is 0.833. The molecule has 1 atom stereocenters. The Hall–Kier alpha value is -0.830. The van der Waals surface area contributed by atoms with Crippen molar-refractivity contribution < 1.29 is 0 Å². The SMILES string of the molecule is CCNC(Cn1cc(C)cn1)C12CC3CC(CC(C3)C1)C2. The summed E-state index contributed by atoms with van der Waals surface area (Å²) < 4.78 is 2.17. The van der Waals surface area contributed by atoms with Gasteiger partial charge in [0.1, 0.15) is 0 Å². The number of likely N-dealkylation sites (N-methyl/N-ethyl adjacent to an activating group) is 1. The summed E-state index contributed by atoms with van der Waals surface area (Å²) in [6.07, 6.45) is 13.2. The van der Waals surface area contributed by atoms with E-state index in [1.54, 1.807) is 0 Å². The van der Waals surface area contributed by atoms with Crippen LogP contribution in [0.1, 0.15) is 51.0 Å². The second-order valence-corrected chi connectivity index (χ2v) is 8.13. The molecule has 4 aliphatic rings. The zero-order valence-corrected chi connectivity index (χ0v) is 13.5. The van der Waals surface area contributed by atoms with Crippen molar-refractivity contribution in [3.8, 4) is 0 Å². The average Bonchev–Trinajstić information content (AvgIpc) is 2.82. The number of aromatic nitrogens is 2. The van der Waals surface area contributed by atoms with Crippen LogP contribution in [0.3, 0.4) is 0 Å². The molecule has 1 aromatic rings. The highest BCUT2D eigenvalue weighted by Crippen LogP contribution is 2.61. The molecular formula is C18H29N3. The second-order valence-electron chi connectivity index (χ2n) is 8.13. The normalized spacial score (nSPS) is 38.9. The minimum absolute atomic E-state index is 0.560. The molecule has 5 rings (SSSR count). The summed E-state index contributed by atoms with van der Waals surface area (Å²) in [4.78, 5) is 0. The lowest BCUT2D eigenvalue weighted by molar-refractivity contribution is -0.0769. The highest BCUT2D eigenvalue weighted by Gasteiger charge is 2.53. The Morgan fingerprint density at radius 2 is 1.86 bits per heavy atom. The maximum atomic E-state index is 4.54. The number of hydrogen-bond acceptors (Lipinski definition) is 2. The van der Waals surface area contributed by atoms with Gasteiger partial charge in [0.15, 0.2) is 0 Å². The van der Waals surface area contributed by atoms with E-state index in [0.29, 0.717) is 11.5 Å². The first-order valence-corrected chi connectivity index (χ1v) is 8.89. The molecule has 3 nitrogen and oxygen atoms in total. The summed E-state index contributed by atoms with van der Waals surface area (Å²) in [5.41, 5.74) is 1.83. The average molecular weight is 287 g/mol. The van der Waals surface area contributed by atoms with Crippen molar-refractivity contribution in [2.75, 3.05) is 6.54 Å². The molecule has 1 aromatic heterocycles. The Labute approximate surface area is 128 Å². The summed E-state index contributed by atoms with van der Waals surface area (Å²) in [5, 5.41) is 8.38. The van der Waals surface area contributed by atoms with Crippen molar-refractivity contribution >= 4 is 0 Å². The van der Waals surface area contributed by atoms with Crippen LogP contribution in [0.15, 0.2) is 12.4 Å². The number of rotatable bonds is 5. The second kappa shape index (κ2) is 5.12. The fourth-order valence-electron chi connectivity index (χ4n) is 6.08. The number of aryl methyl sites for hydroxylation is 1. The van der Waals surface area contributed by atoms with Crippen LogP contribution >= 0.6 is 0 Å². The summed E-state index contributed by atoms with van der Waals surface area (Å²) in [6, 6.07) is 0.607. The maximum absolute atomic E-state index is 4.54. The van der Waals surface area contributed by atoms with E-state index >= 15 is 0 Å². The molecule has 0 aromatic carbocycles. The monoisotopic (exact) mass is 287 g/mol. The van der Waals surface area contributed by atoms with Crippen molar-refractivity contribution in [2.45, 2.75) is 65.0 Å². The third kappa shape index (κ3) is 2.44. The summed E-state index contributed by atoms with van der Waals surface area (Å²) >= 11 is 0. The zero-order chi connectivity index (χ0) is 14.4. The Balaban J connectivity index is 1.58. The predicted molar refractivity (Wildman–Crippen MR) is 85.0 cm³/mol. The van der Waals surface area contributed by atoms with Crippen molar-refractivity contribution in [3.05, 3.63) is 18.0 Å². The Bertz CT molecular complexity index is 469. The minimum Gasteiger partial charge on any atom is -0.312 e. The molecule has 0 spiro atoms. The molecule has 4 fully saturated rings. The first-order chi connectivity index (χ1) is 10.2. The van der Waals surface area contributed by atoms with Gasteiger partial charge in [0.25, 0.3) is 0 Å². The zero-order valence-electron chi connectivity index (χ0n) is 13.5.